The first kappa shape index (κ1) is 19.6. The molecular formula is C16H20ClN3OS3. The molecule has 1 amide bonds. The van der Waals surface area contributed by atoms with Crippen LogP contribution in [0.3, 0.4) is 0 Å². The predicted molar refractivity (Wildman–Crippen MR) is 104 cm³/mol. The molecule has 0 aliphatic heterocycles. The first-order chi connectivity index (χ1) is 11.4. The zero-order chi connectivity index (χ0) is 17.5. The molecule has 0 saturated heterocycles. The summed E-state index contributed by atoms with van der Waals surface area (Å²) in [4.78, 5) is 12.1. The van der Waals surface area contributed by atoms with Crippen LogP contribution in [0.5, 0.6) is 0 Å². The Hall–Kier alpha value is -0.760. The van der Waals surface area contributed by atoms with E-state index in [1.54, 1.807) is 23.1 Å². The molecule has 4 nitrogen and oxygen atoms in total. The van der Waals surface area contributed by atoms with Gasteiger partial charge in [-0.05, 0) is 30.5 Å². The Bertz CT molecular complexity index is 678. The maximum absolute atomic E-state index is 12.1. The largest absolute Gasteiger partial charge is 0.349 e. The summed E-state index contributed by atoms with van der Waals surface area (Å²) in [7, 11) is 0. The highest BCUT2D eigenvalue weighted by Gasteiger charge is 2.12. The van der Waals surface area contributed by atoms with Gasteiger partial charge in [0.2, 0.25) is 5.91 Å². The van der Waals surface area contributed by atoms with Gasteiger partial charge in [-0.1, -0.05) is 72.4 Å². The van der Waals surface area contributed by atoms with Crippen molar-refractivity contribution < 1.29 is 4.79 Å². The van der Waals surface area contributed by atoms with E-state index in [0.29, 0.717) is 16.7 Å². The third kappa shape index (κ3) is 6.63. The minimum atomic E-state index is -0.0802. The highest BCUT2D eigenvalue weighted by molar-refractivity contribution is 8.03. The van der Waals surface area contributed by atoms with Gasteiger partial charge in [0.05, 0.1) is 11.8 Å². The number of hydrogen-bond donors (Lipinski definition) is 1. The van der Waals surface area contributed by atoms with E-state index >= 15 is 0 Å². The van der Waals surface area contributed by atoms with Crippen molar-refractivity contribution in [3.63, 3.8) is 0 Å². The van der Waals surface area contributed by atoms with Crippen molar-refractivity contribution in [3.8, 4) is 0 Å². The Morgan fingerprint density at radius 3 is 2.62 bits per heavy atom. The van der Waals surface area contributed by atoms with Crippen LogP contribution in [0.1, 0.15) is 32.4 Å². The van der Waals surface area contributed by atoms with Crippen LogP contribution in [-0.4, -0.2) is 27.6 Å². The van der Waals surface area contributed by atoms with Gasteiger partial charge in [0.25, 0.3) is 0 Å². The van der Waals surface area contributed by atoms with Gasteiger partial charge in [0.1, 0.15) is 0 Å². The normalized spacial score (nSPS) is 12.4. The number of thioether (sulfide) groups is 2. The summed E-state index contributed by atoms with van der Waals surface area (Å²) in [6.07, 6.45) is 0. The molecule has 2 aromatic rings. The highest BCUT2D eigenvalue weighted by atomic mass is 35.5. The van der Waals surface area contributed by atoms with Gasteiger partial charge in [-0.3, -0.25) is 4.79 Å². The van der Waals surface area contributed by atoms with Gasteiger partial charge in [0.15, 0.2) is 8.68 Å². The van der Waals surface area contributed by atoms with Crippen molar-refractivity contribution >= 4 is 52.4 Å². The maximum atomic E-state index is 12.1. The maximum Gasteiger partial charge on any atom is 0.230 e. The molecule has 0 fully saturated rings. The van der Waals surface area contributed by atoms with E-state index in [9.17, 15) is 4.79 Å². The lowest BCUT2D eigenvalue weighted by atomic mass is 10.1. The van der Waals surface area contributed by atoms with Crippen molar-refractivity contribution in [3.05, 3.63) is 34.9 Å². The molecule has 0 radical (unpaired) electrons. The SMILES string of the molecule is CC(C)CSc1nnc(SCC(=O)N[C@H](C)c2cccc(Cl)c2)s1. The molecule has 1 aromatic heterocycles. The van der Waals surface area contributed by atoms with E-state index < -0.39 is 0 Å². The minimum Gasteiger partial charge on any atom is -0.349 e. The van der Waals surface area contributed by atoms with Crippen molar-refractivity contribution in [1.82, 2.24) is 15.5 Å². The Balaban J connectivity index is 1.78. The van der Waals surface area contributed by atoms with Gasteiger partial charge in [-0.15, -0.1) is 10.2 Å². The Labute approximate surface area is 160 Å². The van der Waals surface area contributed by atoms with Crippen LogP contribution in [0.2, 0.25) is 5.02 Å². The quantitative estimate of drug-likeness (QED) is 0.637. The van der Waals surface area contributed by atoms with Crippen LogP contribution in [0.4, 0.5) is 0 Å². The van der Waals surface area contributed by atoms with Crippen LogP contribution >= 0.6 is 46.5 Å². The van der Waals surface area contributed by atoms with Crippen molar-refractivity contribution in [1.29, 1.82) is 0 Å². The van der Waals surface area contributed by atoms with Crippen LogP contribution in [0.25, 0.3) is 0 Å². The summed E-state index contributed by atoms with van der Waals surface area (Å²) in [6.45, 7) is 6.30. The lowest BCUT2D eigenvalue weighted by Crippen LogP contribution is -2.28. The lowest BCUT2D eigenvalue weighted by Gasteiger charge is -2.14. The monoisotopic (exact) mass is 401 g/mol. The van der Waals surface area contributed by atoms with Crippen molar-refractivity contribution in [2.45, 2.75) is 35.5 Å². The zero-order valence-corrected chi connectivity index (χ0v) is 17.0. The molecule has 0 aliphatic carbocycles. The highest BCUT2D eigenvalue weighted by Crippen LogP contribution is 2.29. The molecule has 1 heterocycles. The molecular weight excluding hydrogens is 382 g/mol. The fourth-order valence-corrected chi connectivity index (χ4v) is 4.83. The van der Waals surface area contributed by atoms with E-state index in [1.165, 1.54) is 11.8 Å². The number of carbonyl (C=O) groups is 1. The number of rotatable bonds is 8. The molecule has 0 spiro atoms. The zero-order valence-electron chi connectivity index (χ0n) is 13.8. The van der Waals surface area contributed by atoms with Crippen LogP contribution in [0.15, 0.2) is 32.9 Å². The van der Waals surface area contributed by atoms with Gasteiger partial charge in [-0.2, -0.15) is 0 Å². The topological polar surface area (TPSA) is 54.9 Å². The fourth-order valence-electron chi connectivity index (χ4n) is 1.82. The van der Waals surface area contributed by atoms with Crippen molar-refractivity contribution in [2.24, 2.45) is 5.92 Å². The number of benzene rings is 1. The van der Waals surface area contributed by atoms with Gasteiger partial charge in [0, 0.05) is 10.8 Å². The summed E-state index contributed by atoms with van der Waals surface area (Å²) < 4.78 is 1.78. The summed E-state index contributed by atoms with van der Waals surface area (Å²) >= 11 is 10.7. The average Bonchev–Trinajstić information content (AvgIpc) is 2.99. The number of nitrogens with one attached hydrogen (secondary N) is 1. The number of hydrogen-bond acceptors (Lipinski definition) is 6. The number of amides is 1. The summed E-state index contributed by atoms with van der Waals surface area (Å²) in [5.41, 5.74) is 0.990. The predicted octanol–water partition coefficient (Wildman–Crippen LogP) is 4.91. The summed E-state index contributed by atoms with van der Waals surface area (Å²) in [5.74, 6) is 1.94. The second-order valence-electron chi connectivity index (χ2n) is 5.67. The molecule has 1 N–H and O–H groups in total. The molecule has 0 bridgehead atoms. The van der Waals surface area contributed by atoms with Gasteiger partial charge < -0.3 is 5.32 Å². The number of carbonyl (C=O) groups excluding carboxylic acids is 1. The second-order valence-corrected chi connectivity index (χ2v) is 9.58. The van der Waals surface area contributed by atoms with E-state index in [1.807, 2.05) is 31.2 Å². The molecule has 1 atom stereocenters. The standard InChI is InChI=1S/C16H20ClN3OS3/c1-10(2)8-22-15-19-20-16(24-15)23-9-14(21)18-11(3)12-5-4-6-13(17)7-12/h4-7,10-11H,8-9H2,1-3H3,(H,18,21)/t11-/m1/s1. The van der Waals surface area contributed by atoms with E-state index in [-0.39, 0.29) is 11.9 Å². The van der Waals surface area contributed by atoms with Crippen LogP contribution < -0.4 is 5.32 Å². The molecule has 0 aliphatic rings. The molecule has 0 saturated carbocycles. The van der Waals surface area contributed by atoms with Crippen LogP contribution in [-0.2, 0) is 4.79 Å². The molecule has 0 unspecified atom stereocenters. The van der Waals surface area contributed by atoms with E-state index in [2.05, 4.69) is 29.4 Å². The third-order valence-electron chi connectivity index (χ3n) is 2.98. The first-order valence-electron chi connectivity index (χ1n) is 7.58. The Morgan fingerprint density at radius 2 is 1.96 bits per heavy atom. The molecule has 24 heavy (non-hydrogen) atoms. The fraction of sp³-hybridized carbons (Fsp3) is 0.438. The van der Waals surface area contributed by atoms with Gasteiger partial charge in [-0.25, -0.2) is 0 Å². The summed E-state index contributed by atoms with van der Waals surface area (Å²) in [5, 5.41) is 11.9. The number of nitrogens with zero attached hydrogens (tertiary/aromatic N) is 2. The van der Waals surface area contributed by atoms with Crippen LogP contribution in [0, 0.1) is 5.92 Å². The number of aromatic nitrogens is 2. The van der Waals surface area contributed by atoms with Gasteiger partial charge >= 0.3 is 0 Å². The van der Waals surface area contributed by atoms with E-state index in [4.69, 9.17) is 11.6 Å². The average molecular weight is 402 g/mol. The van der Waals surface area contributed by atoms with E-state index in [0.717, 1.165) is 20.0 Å². The molecule has 2 rings (SSSR count). The molecule has 8 heteroatoms. The Morgan fingerprint density at radius 1 is 1.25 bits per heavy atom. The first-order valence-corrected chi connectivity index (χ1v) is 10.7. The Kier molecular flexibility index (Phi) is 7.87. The molecule has 130 valence electrons. The minimum absolute atomic E-state index is 0.0286. The van der Waals surface area contributed by atoms with Crippen molar-refractivity contribution in [2.75, 3.05) is 11.5 Å². The smallest absolute Gasteiger partial charge is 0.230 e. The lowest BCUT2D eigenvalue weighted by molar-refractivity contribution is -0.119. The molecule has 1 aromatic carbocycles. The second kappa shape index (κ2) is 9.65. The third-order valence-corrected chi connectivity index (χ3v) is 6.83. The number of halogens is 1. The summed E-state index contributed by atoms with van der Waals surface area (Å²) in [6, 6.07) is 7.44.